The molecule has 96 valence electrons. The Morgan fingerprint density at radius 2 is 1.68 bits per heavy atom. The Balaban J connectivity index is 2.42. The fourth-order valence-corrected chi connectivity index (χ4v) is 1.85. The molecule has 0 amide bonds. The molecule has 0 saturated carbocycles. The smallest absolute Gasteiger partial charge is 0.288 e. The Morgan fingerprint density at radius 3 is 2.26 bits per heavy atom. The Morgan fingerprint density at radius 1 is 1.11 bits per heavy atom. The average molecular weight is 276 g/mol. The van der Waals surface area contributed by atoms with Crippen molar-refractivity contribution in [2.45, 2.75) is 6.92 Å². The van der Waals surface area contributed by atoms with E-state index in [1.807, 2.05) is 19.1 Å². The van der Waals surface area contributed by atoms with Crippen LogP contribution in [0.15, 0.2) is 42.5 Å². The number of aryl methyl sites for hydroxylation is 1. The van der Waals surface area contributed by atoms with Gasteiger partial charge in [-0.15, -0.1) is 0 Å². The zero-order valence-corrected chi connectivity index (χ0v) is 10.8. The van der Waals surface area contributed by atoms with Crippen molar-refractivity contribution in [3.63, 3.8) is 0 Å². The summed E-state index contributed by atoms with van der Waals surface area (Å²) in [6.45, 7) is 1.92. The molecule has 4 nitrogen and oxygen atoms in total. The number of nitro benzene ring substituents is 1. The SMILES string of the molecule is Cc1ccc(C(=O)c2ccc(Cl)c([N+](=O)[O-])c2)cc1. The van der Waals surface area contributed by atoms with Crippen molar-refractivity contribution in [2.24, 2.45) is 0 Å². The summed E-state index contributed by atoms with van der Waals surface area (Å²) in [4.78, 5) is 22.4. The first-order chi connectivity index (χ1) is 8.99. The summed E-state index contributed by atoms with van der Waals surface area (Å²) >= 11 is 5.71. The number of hydrogen-bond acceptors (Lipinski definition) is 3. The highest BCUT2D eigenvalue weighted by Gasteiger charge is 2.17. The van der Waals surface area contributed by atoms with E-state index in [0.29, 0.717) is 5.56 Å². The summed E-state index contributed by atoms with van der Waals surface area (Å²) in [6.07, 6.45) is 0. The molecule has 0 bridgehead atoms. The van der Waals surface area contributed by atoms with Crippen LogP contribution in [0, 0.1) is 17.0 Å². The van der Waals surface area contributed by atoms with Crippen LogP contribution in [0.25, 0.3) is 0 Å². The zero-order valence-electron chi connectivity index (χ0n) is 10.1. The Bertz CT molecular complexity index is 650. The van der Waals surface area contributed by atoms with E-state index in [2.05, 4.69) is 0 Å². The van der Waals surface area contributed by atoms with Crippen LogP contribution in [0.2, 0.25) is 5.02 Å². The molecule has 0 N–H and O–H groups in total. The predicted molar refractivity (Wildman–Crippen MR) is 72.7 cm³/mol. The highest BCUT2D eigenvalue weighted by atomic mass is 35.5. The van der Waals surface area contributed by atoms with Crippen molar-refractivity contribution in [2.75, 3.05) is 0 Å². The highest BCUT2D eigenvalue weighted by Crippen LogP contribution is 2.26. The van der Waals surface area contributed by atoms with Crippen molar-refractivity contribution in [1.82, 2.24) is 0 Å². The van der Waals surface area contributed by atoms with Crippen molar-refractivity contribution < 1.29 is 9.72 Å². The van der Waals surface area contributed by atoms with Crippen molar-refractivity contribution in [1.29, 1.82) is 0 Å². The molecule has 0 saturated heterocycles. The average Bonchev–Trinajstić information content (AvgIpc) is 2.39. The number of hydrogen-bond donors (Lipinski definition) is 0. The van der Waals surface area contributed by atoms with Crippen LogP contribution >= 0.6 is 11.6 Å². The third-order valence-electron chi connectivity index (χ3n) is 2.72. The monoisotopic (exact) mass is 275 g/mol. The Kier molecular flexibility index (Phi) is 3.62. The first-order valence-electron chi connectivity index (χ1n) is 5.54. The van der Waals surface area contributed by atoms with Gasteiger partial charge in [0.15, 0.2) is 5.78 Å². The second-order valence-electron chi connectivity index (χ2n) is 4.12. The summed E-state index contributed by atoms with van der Waals surface area (Å²) in [6, 6.07) is 11.1. The minimum Gasteiger partial charge on any atom is -0.289 e. The molecule has 0 unspecified atom stereocenters. The molecule has 0 atom stereocenters. The topological polar surface area (TPSA) is 60.2 Å². The molecule has 2 aromatic carbocycles. The van der Waals surface area contributed by atoms with Gasteiger partial charge in [0.05, 0.1) is 4.92 Å². The molecule has 0 radical (unpaired) electrons. The van der Waals surface area contributed by atoms with Gasteiger partial charge in [-0.25, -0.2) is 0 Å². The summed E-state index contributed by atoms with van der Waals surface area (Å²) in [7, 11) is 0. The number of benzene rings is 2. The van der Waals surface area contributed by atoms with Gasteiger partial charge in [-0.3, -0.25) is 14.9 Å². The third kappa shape index (κ3) is 2.80. The summed E-state index contributed by atoms with van der Waals surface area (Å²) in [5.41, 5.74) is 1.51. The van der Waals surface area contributed by atoms with Crippen molar-refractivity contribution in [3.8, 4) is 0 Å². The molecule has 2 rings (SSSR count). The number of nitrogens with zero attached hydrogens (tertiary/aromatic N) is 1. The van der Waals surface area contributed by atoms with E-state index in [1.54, 1.807) is 12.1 Å². The standard InChI is InChI=1S/C14H10ClNO3/c1-9-2-4-10(5-3-9)14(17)11-6-7-12(15)13(8-11)16(18)19/h2-8H,1H3. The van der Waals surface area contributed by atoms with Gasteiger partial charge >= 0.3 is 0 Å². The number of carbonyl (C=O) groups excluding carboxylic acids is 1. The number of nitro groups is 1. The fraction of sp³-hybridized carbons (Fsp3) is 0.0714. The lowest BCUT2D eigenvalue weighted by molar-refractivity contribution is -0.384. The zero-order chi connectivity index (χ0) is 14.0. The van der Waals surface area contributed by atoms with Crippen molar-refractivity contribution in [3.05, 3.63) is 74.3 Å². The van der Waals surface area contributed by atoms with Gasteiger partial charge in [-0.05, 0) is 19.1 Å². The predicted octanol–water partition coefficient (Wildman–Crippen LogP) is 3.79. The maximum absolute atomic E-state index is 12.2. The van der Waals surface area contributed by atoms with E-state index in [1.165, 1.54) is 18.2 Å². The molecule has 0 fully saturated rings. The minimum atomic E-state index is -0.603. The van der Waals surface area contributed by atoms with Crippen LogP contribution in [0.1, 0.15) is 21.5 Å². The minimum absolute atomic E-state index is 0.0189. The largest absolute Gasteiger partial charge is 0.289 e. The maximum Gasteiger partial charge on any atom is 0.288 e. The Labute approximate surface area is 114 Å². The molecule has 0 aliphatic heterocycles. The number of rotatable bonds is 3. The van der Waals surface area contributed by atoms with Crippen LogP contribution in [-0.4, -0.2) is 10.7 Å². The van der Waals surface area contributed by atoms with Gasteiger partial charge < -0.3 is 0 Å². The van der Waals surface area contributed by atoms with E-state index in [-0.39, 0.29) is 22.1 Å². The van der Waals surface area contributed by atoms with E-state index >= 15 is 0 Å². The van der Waals surface area contributed by atoms with E-state index in [0.717, 1.165) is 5.56 Å². The molecule has 0 heterocycles. The normalized spacial score (nSPS) is 10.2. The van der Waals surface area contributed by atoms with Crippen LogP contribution in [-0.2, 0) is 0 Å². The second-order valence-corrected chi connectivity index (χ2v) is 4.53. The van der Waals surface area contributed by atoms with E-state index in [4.69, 9.17) is 11.6 Å². The molecule has 0 spiro atoms. The first kappa shape index (κ1) is 13.2. The van der Waals surface area contributed by atoms with Crippen LogP contribution in [0.4, 0.5) is 5.69 Å². The lowest BCUT2D eigenvalue weighted by atomic mass is 10.0. The summed E-state index contributed by atoms with van der Waals surface area (Å²) in [5, 5.41) is 10.8. The van der Waals surface area contributed by atoms with Crippen molar-refractivity contribution >= 4 is 23.1 Å². The quantitative estimate of drug-likeness (QED) is 0.486. The summed E-state index contributed by atoms with van der Waals surface area (Å²) < 4.78 is 0. The molecule has 0 aliphatic rings. The highest BCUT2D eigenvalue weighted by molar-refractivity contribution is 6.32. The lowest BCUT2D eigenvalue weighted by Gasteiger charge is -2.03. The van der Waals surface area contributed by atoms with Gasteiger partial charge in [-0.1, -0.05) is 41.4 Å². The molecule has 5 heteroatoms. The number of halogens is 1. The molecular weight excluding hydrogens is 266 g/mol. The molecule has 0 aromatic heterocycles. The van der Waals surface area contributed by atoms with Gasteiger partial charge in [0.25, 0.3) is 5.69 Å². The Hall–Kier alpha value is -2.20. The van der Waals surface area contributed by atoms with Gasteiger partial charge in [0, 0.05) is 17.2 Å². The van der Waals surface area contributed by atoms with Gasteiger partial charge in [0.1, 0.15) is 5.02 Å². The second kappa shape index (κ2) is 5.20. The fourth-order valence-electron chi connectivity index (χ4n) is 1.67. The molecule has 19 heavy (non-hydrogen) atoms. The molecular formula is C14H10ClNO3. The molecule has 0 aliphatic carbocycles. The van der Waals surface area contributed by atoms with Crippen LogP contribution in [0.5, 0.6) is 0 Å². The van der Waals surface area contributed by atoms with E-state index in [9.17, 15) is 14.9 Å². The van der Waals surface area contributed by atoms with E-state index < -0.39 is 4.92 Å². The first-order valence-corrected chi connectivity index (χ1v) is 5.92. The van der Waals surface area contributed by atoms with Gasteiger partial charge in [-0.2, -0.15) is 0 Å². The summed E-state index contributed by atoms with van der Waals surface area (Å²) in [5.74, 6) is -0.264. The maximum atomic E-state index is 12.2. The number of ketones is 1. The van der Waals surface area contributed by atoms with Crippen LogP contribution in [0.3, 0.4) is 0 Å². The van der Waals surface area contributed by atoms with Gasteiger partial charge in [0.2, 0.25) is 0 Å². The number of carbonyl (C=O) groups is 1. The lowest BCUT2D eigenvalue weighted by Crippen LogP contribution is -2.02. The van der Waals surface area contributed by atoms with Crippen LogP contribution < -0.4 is 0 Å². The third-order valence-corrected chi connectivity index (χ3v) is 3.04. The molecule has 2 aromatic rings.